The number of ketones is 1. The van der Waals surface area contributed by atoms with E-state index in [4.69, 9.17) is 14.2 Å². The van der Waals surface area contributed by atoms with Gasteiger partial charge in [-0.05, 0) is 96.3 Å². The number of carbonyl (C=O) groups is 2. The molecule has 0 spiro atoms. The molecule has 0 aromatic heterocycles. The van der Waals surface area contributed by atoms with Gasteiger partial charge in [0.05, 0.1) is 24.3 Å². The second-order valence-electron chi connectivity index (χ2n) is 10.00. The lowest BCUT2D eigenvalue weighted by molar-refractivity contribution is -0.144. The monoisotopic (exact) mass is 565 g/mol. The molecular formula is C30H32BrNO5. The molecule has 2 aliphatic carbocycles. The van der Waals surface area contributed by atoms with Crippen molar-refractivity contribution in [2.24, 2.45) is 0 Å². The molecule has 2 atom stereocenters. The van der Waals surface area contributed by atoms with Crippen LogP contribution in [0.2, 0.25) is 0 Å². The van der Waals surface area contributed by atoms with Crippen molar-refractivity contribution in [3.63, 3.8) is 0 Å². The number of hydrogen-bond acceptors (Lipinski definition) is 6. The number of rotatable bonds is 6. The molecule has 37 heavy (non-hydrogen) atoms. The summed E-state index contributed by atoms with van der Waals surface area (Å²) < 4.78 is 17.5. The van der Waals surface area contributed by atoms with E-state index in [1.807, 2.05) is 49.4 Å². The highest BCUT2D eigenvalue weighted by molar-refractivity contribution is 9.10. The quantitative estimate of drug-likeness (QED) is 0.413. The SMILES string of the molecule is COc1ccc([C@H]2CC(=O)C3=C(C2)NC(C)=C(C(=O)OC2CCCC2)[C@@H]3c2ccc(OC)c(Br)c2)cc1. The Labute approximate surface area is 226 Å². The fraction of sp³-hybridized carbons (Fsp3) is 0.400. The molecule has 5 rings (SSSR count). The van der Waals surface area contributed by atoms with Crippen molar-refractivity contribution in [2.45, 2.75) is 63.4 Å². The van der Waals surface area contributed by atoms with Crippen LogP contribution in [0, 0.1) is 0 Å². The average Bonchev–Trinajstić information content (AvgIpc) is 3.40. The molecule has 194 valence electrons. The molecule has 2 aromatic carbocycles. The van der Waals surface area contributed by atoms with E-state index in [9.17, 15) is 9.59 Å². The second kappa shape index (κ2) is 10.7. The van der Waals surface area contributed by atoms with E-state index in [0.717, 1.165) is 58.4 Å². The summed E-state index contributed by atoms with van der Waals surface area (Å²) >= 11 is 3.59. The number of nitrogens with one attached hydrogen (secondary N) is 1. The lowest BCUT2D eigenvalue weighted by Crippen LogP contribution is -2.36. The lowest BCUT2D eigenvalue weighted by atomic mass is 9.71. The number of ether oxygens (including phenoxy) is 3. The zero-order valence-electron chi connectivity index (χ0n) is 21.4. The number of Topliss-reactive ketones (excluding diaryl/α,β-unsaturated/α-hetero) is 1. The first-order chi connectivity index (χ1) is 17.9. The number of hydrogen-bond donors (Lipinski definition) is 1. The summed E-state index contributed by atoms with van der Waals surface area (Å²) in [5, 5.41) is 3.44. The van der Waals surface area contributed by atoms with Gasteiger partial charge in [-0.2, -0.15) is 0 Å². The summed E-state index contributed by atoms with van der Waals surface area (Å²) in [7, 11) is 3.26. The number of halogens is 1. The highest BCUT2D eigenvalue weighted by atomic mass is 79.9. The summed E-state index contributed by atoms with van der Waals surface area (Å²) in [6.45, 7) is 1.90. The van der Waals surface area contributed by atoms with Gasteiger partial charge in [-0.1, -0.05) is 18.2 Å². The van der Waals surface area contributed by atoms with Gasteiger partial charge in [0.15, 0.2) is 5.78 Å². The van der Waals surface area contributed by atoms with Gasteiger partial charge in [-0.3, -0.25) is 4.79 Å². The van der Waals surface area contributed by atoms with Crippen LogP contribution in [0.15, 0.2) is 69.5 Å². The Balaban J connectivity index is 1.54. The van der Waals surface area contributed by atoms with Gasteiger partial charge in [-0.15, -0.1) is 0 Å². The molecule has 1 saturated carbocycles. The first kappa shape index (κ1) is 25.6. The third-order valence-corrected chi connectivity index (χ3v) is 8.34. The van der Waals surface area contributed by atoms with Crippen molar-refractivity contribution >= 4 is 27.7 Å². The zero-order valence-corrected chi connectivity index (χ0v) is 23.0. The van der Waals surface area contributed by atoms with E-state index in [0.29, 0.717) is 29.7 Å². The molecule has 7 heteroatoms. The van der Waals surface area contributed by atoms with Crippen molar-refractivity contribution < 1.29 is 23.8 Å². The van der Waals surface area contributed by atoms with Gasteiger partial charge in [0.2, 0.25) is 0 Å². The minimum absolute atomic E-state index is 0.0465. The Hall–Kier alpha value is -3.06. The van der Waals surface area contributed by atoms with Gasteiger partial charge < -0.3 is 19.5 Å². The van der Waals surface area contributed by atoms with E-state index in [1.165, 1.54) is 0 Å². The molecular weight excluding hydrogens is 534 g/mol. The van der Waals surface area contributed by atoms with Crippen molar-refractivity contribution in [1.82, 2.24) is 5.32 Å². The topological polar surface area (TPSA) is 73.9 Å². The van der Waals surface area contributed by atoms with Crippen LogP contribution in [0.4, 0.5) is 0 Å². The van der Waals surface area contributed by atoms with E-state index < -0.39 is 5.92 Å². The predicted molar refractivity (Wildman–Crippen MR) is 145 cm³/mol. The zero-order chi connectivity index (χ0) is 26.1. The van der Waals surface area contributed by atoms with Crippen LogP contribution in [0.5, 0.6) is 11.5 Å². The van der Waals surface area contributed by atoms with Crippen molar-refractivity contribution in [1.29, 1.82) is 0 Å². The third-order valence-electron chi connectivity index (χ3n) is 7.72. The summed E-state index contributed by atoms with van der Waals surface area (Å²) in [4.78, 5) is 27.4. The highest BCUT2D eigenvalue weighted by Crippen LogP contribution is 2.47. The predicted octanol–water partition coefficient (Wildman–Crippen LogP) is 6.31. The second-order valence-corrected chi connectivity index (χ2v) is 10.9. The Kier molecular flexibility index (Phi) is 7.43. The van der Waals surface area contributed by atoms with Crippen LogP contribution in [-0.2, 0) is 14.3 Å². The highest BCUT2D eigenvalue weighted by Gasteiger charge is 2.42. The number of allylic oxidation sites excluding steroid dienone is 3. The maximum absolute atomic E-state index is 13.8. The average molecular weight is 566 g/mol. The van der Waals surface area contributed by atoms with Gasteiger partial charge in [-0.25, -0.2) is 4.79 Å². The van der Waals surface area contributed by atoms with Gasteiger partial charge in [0, 0.05) is 29.3 Å². The number of carbonyl (C=O) groups excluding carboxylic acids is 2. The fourth-order valence-electron chi connectivity index (χ4n) is 5.84. The summed E-state index contributed by atoms with van der Waals surface area (Å²) in [6, 6.07) is 13.6. The van der Waals surface area contributed by atoms with Crippen LogP contribution < -0.4 is 14.8 Å². The van der Waals surface area contributed by atoms with Gasteiger partial charge in [0.1, 0.15) is 17.6 Å². The Morgan fingerprint density at radius 2 is 1.68 bits per heavy atom. The Bertz CT molecular complexity index is 1270. The maximum atomic E-state index is 13.8. The molecule has 1 N–H and O–H groups in total. The molecule has 1 aliphatic heterocycles. The summed E-state index contributed by atoms with van der Waals surface area (Å²) in [6.07, 6.45) is 4.93. The number of dihydropyridines is 1. The summed E-state index contributed by atoms with van der Waals surface area (Å²) in [5.74, 6) is 0.730. The minimum atomic E-state index is -0.503. The molecule has 1 heterocycles. The van der Waals surface area contributed by atoms with E-state index in [-0.39, 0.29) is 23.8 Å². The Morgan fingerprint density at radius 1 is 0.973 bits per heavy atom. The fourth-order valence-corrected chi connectivity index (χ4v) is 6.40. The molecule has 2 aromatic rings. The van der Waals surface area contributed by atoms with E-state index in [1.54, 1.807) is 14.2 Å². The molecule has 6 nitrogen and oxygen atoms in total. The van der Waals surface area contributed by atoms with Crippen LogP contribution >= 0.6 is 15.9 Å². The molecule has 0 amide bonds. The summed E-state index contributed by atoms with van der Waals surface area (Å²) in [5.41, 5.74) is 4.74. The number of esters is 1. The van der Waals surface area contributed by atoms with Crippen LogP contribution in [0.1, 0.15) is 68.4 Å². The van der Waals surface area contributed by atoms with Crippen molar-refractivity contribution in [3.8, 4) is 11.5 Å². The van der Waals surface area contributed by atoms with Crippen molar-refractivity contribution in [2.75, 3.05) is 14.2 Å². The first-order valence-corrected chi connectivity index (χ1v) is 13.6. The van der Waals surface area contributed by atoms with E-state index >= 15 is 0 Å². The van der Waals surface area contributed by atoms with Crippen LogP contribution in [0.3, 0.4) is 0 Å². The van der Waals surface area contributed by atoms with Crippen molar-refractivity contribution in [3.05, 3.63) is 80.6 Å². The van der Waals surface area contributed by atoms with E-state index in [2.05, 4.69) is 21.2 Å². The van der Waals surface area contributed by atoms with Crippen LogP contribution in [-0.4, -0.2) is 32.1 Å². The standard InChI is InChI=1S/C30H32BrNO5/c1-17-27(30(34)37-22-6-4-5-7-22)28(19-10-13-26(36-3)23(31)14-19)29-24(32-17)15-20(16-25(29)33)18-8-11-21(35-2)12-9-18/h8-14,20,22,28,32H,4-7,15-16H2,1-3H3/t20-,28+/m1/s1. The molecule has 0 radical (unpaired) electrons. The normalized spacial score (nSPS) is 22.0. The maximum Gasteiger partial charge on any atom is 0.337 e. The number of benzene rings is 2. The lowest BCUT2D eigenvalue weighted by Gasteiger charge is -2.37. The largest absolute Gasteiger partial charge is 0.497 e. The van der Waals surface area contributed by atoms with Gasteiger partial charge in [0.25, 0.3) is 0 Å². The van der Waals surface area contributed by atoms with Crippen LogP contribution in [0.25, 0.3) is 0 Å². The third kappa shape index (κ3) is 5.06. The molecule has 3 aliphatic rings. The minimum Gasteiger partial charge on any atom is -0.497 e. The number of methoxy groups -OCH3 is 2. The Morgan fingerprint density at radius 3 is 2.32 bits per heavy atom. The first-order valence-electron chi connectivity index (χ1n) is 12.8. The molecule has 0 unspecified atom stereocenters. The van der Waals surface area contributed by atoms with Gasteiger partial charge >= 0.3 is 5.97 Å². The smallest absolute Gasteiger partial charge is 0.337 e. The molecule has 0 saturated heterocycles. The molecule has 0 bridgehead atoms. The molecule has 1 fully saturated rings.